The number of rotatable bonds is 6. The van der Waals surface area contributed by atoms with Gasteiger partial charge in [-0.1, -0.05) is 36.9 Å². The Bertz CT molecular complexity index is 1830. The Morgan fingerprint density at radius 2 is 1.82 bits per heavy atom. The summed E-state index contributed by atoms with van der Waals surface area (Å²) in [5.41, 5.74) is 9.73. The molecule has 40 heavy (non-hydrogen) atoms. The van der Waals surface area contributed by atoms with E-state index in [2.05, 4.69) is 66.0 Å². The van der Waals surface area contributed by atoms with Crippen LogP contribution in [-0.2, 0) is 0 Å². The second-order valence-corrected chi connectivity index (χ2v) is 10.2. The number of hydrogen-bond acceptors (Lipinski definition) is 7. The molecular weight excluding hydrogens is 498 g/mol. The van der Waals surface area contributed by atoms with Crippen molar-refractivity contribution in [3.63, 3.8) is 0 Å². The summed E-state index contributed by atoms with van der Waals surface area (Å²) in [4.78, 5) is 22.3. The lowest BCUT2D eigenvalue weighted by atomic mass is 10.1. The van der Waals surface area contributed by atoms with Crippen LogP contribution in [0.5, 0.6) is 0 Å². The normalized spacial score (nSPS) is 14.2. The molecule has 0 unspecified atom stereocenters. The Labute approximate surface area is 231 Å². The fraction of sp³-hybridized carbons (Fsp3) is 0.161. The number of benzene rings is 1. The van der Waals surface area contributed by atoms with E-state index in [0.717, 1.165) is 87.8 Å². The van der Waals surface area contributed by atoms with Gasteiger partial charge in [-0.25, -0.2) is 9.97 Å². The molecule has 0 bridgehead atoms. The predicted octanol–water partition coefficient (Wildman–Crippen LogP) is 5.40. The molecule has 7 rings (SSSR count). The van der Waals surface area contributed by atoms with E-state index in [4.69, 9.17) is 4.98 Å². The lowest BCUT2D eigenvalue weighted by molar-refractivity contribution is 0.313. The lowest BCUT2D eigenvalue weighted by Crippen LogP contribution is -2.44. The Hall–Kier alpha value is -5.02. The van der Waals surface area contributed by atoms with E-state index in [1.807, 2.05) is 60.9 Å². The van der Waals surface area contributed by atoms with Crippen LogP contribution >= 0.6 is 0 Å². The number of hydrogen-bond donors (Lipinski definition) is 3. The van der Waals surface area contributed by atoms with Gasteiger partial charge in [0.25, 0.3) is 0 Å². The van der Waals surface area contributed by atoms with E-state index in [1.165, 1.54) is 5.69 Å². The summed E-state index contributed by atoms with van der Waals surface area (Å²) in [5, 5.41) is 12.2. The summed E-state index contributed by atoms with van der Waals surface area (Å²) in [6, 6.07) is 20.3. The zero-order valence-electron chi connectivity index (χ0n) is 22.2. The van der Waals surface area contributed by atoms with Crippen molar-refractivity contribution in [1.82, 2.24) is 35.0 Å². The molecule has 6 heterocycles. The molecular formula is C31H29N9. The third kappa shape index (κ3) is 4.46. The summed E-state index contributed by atoms with van der Waals surface area (Å²) in [5.74, 6) is 0. The summed E-state index contributed by atoms with van der Waals surface area (Å²) in [7, 11) is 2.17. The topological polar surface area (TPSA) is 102 Å². The van der Waals surface area contributed by atoms with E-state index in [9.17, 15) is 0 Å². The monoisotopic (exact) mass is 527 g/mol. The second kappa shape index (κ2) is 9.94. The first-order valence-corrected chi connectivity index (χ1v) is 13.4. The number of aromatic amines is 2. The van der Waals surface area contributed by atoms with Gasteiger partial charge in [0, 0.05) is 60.9 Å². The second-order valence-electron chi connectivity index (χ2n) is 10.2. The Kier molecular flexibility index (Phi) is 5.98. The minimum Gasteiger partial charge on any atom is -0.368 e. The van der Waals surface area contributed by atoms with Crippen LogP contribution in [0.4, 0.5) is 11.4 Å². The van der Waals surface area contributed by atoms with Crippen LogP contribution in [0.25, 0.3) is 50.4 Å². The van der Waals surface area contributed by atoms with Gasteiger partial charge in [-0.15, -0.1) is 0 Å². The maximum atomic E-state index is 5.01. The minimum atomic E-state index is 0.763. The highest BCUT2D eigenvalue weighted by atomic mass is 15.2. The van der Waals surface area contributed by atoms with E-state index < -0.39 is 0 Å². The summed E-state index contributed by atoms with van der Waals surface area (Å²) in [6.07, 6.45) is 5.48. The third-order valence-corrected chi connectivity index (χ3v) is 7.47. The Morgan fingerprint density at radius 1 is 0.975 bits per heavy atom. The molecule has 1 aromatic carbocycles. The van der Waals surface area contributed by atoms with Crippen molar-refractivity contribution in [2.24, 2.45) is 0 Å². The first kappa shape index (κ1) is 24.1. The van der Waals surface area contributed by atoms with Crippen LogP contribution in [0.3, 0.4) is 0 Å². The molecule has 1 aliphatic heterocycles. The SMILES string of the molecule is C=C(Nc1cncc(-c2ccc3[nH]nc(-c4cc5c(N6CCN(C)CC6)ccnc5[nH]4)c3n2)c1)c1ccccc1. The molecule has 5 aromatic heterocycles. The van der Waals surface area contributed by atoms with Gasteiger partial charge in [-0.2, -0.15) is 5.10 Å². The molecule has 3 N–H and O–H groups in total. The molecule has 198 valence electrons. The van der Waals surface area contributed by atoms with Crippen molar-refractivity contribution in [2.75, 3.05) is 43.4 Å². The zero-order valence-corrected chi connectivity index (χ0v) is 22.2. The average molecular weight is 528 g/mol. The quantitative estimate of drug-likeness (QED) is 0.267. The Morgan fingerprint density at radius 3 is 2.67 bits per heavy atom. The van der Waals surface area contributed by atoms with Gasteiger partial charge in [-0.3, -0.25) is 10.1 Å². The van der Waals surface area contributed by atoms with Crippen LogP contribution in [0.15, 0.2) is 85.8 Å². The van der Waals surface area contributed by atoms with Gasteiger partial charge in [0.05, 0.1) is 28.8 Å². The average Bonchev–Trinajstić information content (AvgIpc) is 3.62. The molecule has 9 heteroatoms. The number of fused-ring (bicyclic) bond motifs is 2. The van der Waals surface area contributed by atoms with Gasteiger partial charge < -0.3 is 20.1 Å². The van der Waals surface area contributed by atoms with Gasteiger partial charge in [0.1, 0.15) is 16.9 Å². The summed E-state index contributed by atoms with van der Waals surface area (Å²) >= 11 is 0. The smallest absolute Gasteiger partial charge is 0.139 e. The summed E-state index contributed by atoms with van der Waals surface area (Å²) in [6.45, 7) is 8.26. The maximum Gasteiger partial charge on any atom is 0.139 e. The van der Waals surface area contributed by atoms with Crippen LogP contribution in [-0.4, -0.2) is 68.3 Å². The van der Waals surface area contributed by atoms with Gasteiger partial charge in [0.15, 0.2) is 0 Å². The van der Waals surface area contributed by atoms with Crippen LogP contribution in [0.2, 0.25) is 0 Å². The van der Waals surface area contributed by atoms with E-state index in [0.29, 0.717) is 0 Å². The maximum absolute atomic E-state index is 5.01. The van der Waals surface area contributed by atoms with Crippen molar-refractivity contribution in [3.05, 3.63) is 91.4 Å². The molecule has 0 aliphatic carbocycles. The molecule has 0 saturated carbocycles. The number of anilines is 2. The number of aromatic nitrogens is 6. The highest BCUT2D eigenvalue weighted by Crippen LogP contribution is 2.33. The first-order chi connectivity index (χ1) is 19.6. The van der Waals surface area contributed by atoms with Gasteiger partial charge >= 0.3 is 0 Å². The van der Waals surface area contributed by atoms with E-state index in [-0.39, 0.29) is 0 Å². The van der Waals surface area contributed by atoms with Crippen LogP contribution in [0.1, 0.15) is 5.56 Å². The number of piperazine rings is 1. The lowest BCUT2D eigenvalue weighted by Gasteiger charge is -2.34. The number of nitrogens with zero attached hydrogens (tertiary/aromatic N) is 6. The third-order valence-electron chi connectivity index (χ3n) is 7.47. The van der Waals surface area contributed by atoms with E-state index >= 15 is 0 Å². The van der Waals surface area contributed by atoms with Crippen molar-refractivity contribution >= 4 is 39.1 Å². The molecule has 9 nitrogen and oxygen atoms in total. The van der Waals surface area contributed by atoms with Crippen LogP contribution in [0, 0.1) is 0 Å². The van der Waals surface area contributed by atoms with Crippen molar-refractivity contribution in [2.45, 2.75) is 0 Å². The number of nitrogens with one attached hydrogen (secondary N) is 3. The fourth-order valence-corrected chi connectivity index (χ4v) is 5.25. The largest absolute Gasteiger partial charge is 0.368 e. The molecule has 1 fully saturated rings. The van der Waals surface area contributed by atoms with E-state index in [1.54, 1.807) is 6.20 Å². The minimum absolute atomic E-state index is 0.763. The summed E-state index contributed by atoms with van der Waals surface area (Å²) < 4.78 is 0. The standard InChI is InChI=1S/C31H29N9/c1-20(21-6-4-3-5-7-21)34-23-16-22(18-32-19-23)25-8-9-26-29(35-25)30(38-37-26)27-17-24-28(10-11-33-31(24)36-27)40-14-12-39(2)13-15-40/h3-11,16-19,34H,1,12-15H2,2H3,(H,33,36)(H,37,38). The highest BCUT2D eigenvalue weighted by molar-refractivity contribution is 5.97. The van der Waals surface area contributed by atoms with Crippen molar-refractivity contribution < 1.29 is 0 Å². The van der Waals surface area contributed by atoms with Crippen LogP contribution < -0.4 is 10.2 Å². The number of likely N-dealkylation sites (N-methyl/N-ethyl adjacent to an activating group) is 1. The Balaban J connectivity index is 1.21. The number of H-pyrrole nitrogens is 2. The molecule has 0 spiro atoms. The fourth-order valence-electron chi connectivity index (χ4n) is 5.25. The van der Waals surface area contributed by atoms with Gasteiger partial charge in [0.2, 0.25) is 0 Å². The number of pyridine rings is 3. The highest BCUT2D eigenvalue weighted by Gasteiger charge is 2.20. The molecule has 1 aliphatic rings. The predicted molar refractivity (Wildman–Crippen MR) is 161 cm³/mol. The molecule has 1 saturated heterocycles. The van der Waals surface area contributed by atoms with Gasteiger partial charge in [-0.05, 0) is 42.9 Å². The zero-order chi connectivity index (χ0) is 27.1. The molecule has 0 atom stereocenters. The molecule has 0 amide bonds. The molecule has 0 radical (unpaired) electrons. The molecule has 6 aromatic rings. The first-order valence-electron chi connectivity index (χ1n) is 13.4. The van der Waals surface area contributed by atoms with Crippen molar-refractivity contribution in [1.29, 1.82) is 0 Å². The van der Waals surface area contributed by atoms with Crippen molar-refractivity contribution in [3.8, 4) is 22.6 Å².